The second kappa shape index (κ2) is 8.11. The molecule has 0 saturated heterocycles. The van der Waals surface area contributed by atoms with Crippen molar-refractivity contribution >= 4 is 33.8 Å². The Bertz CT molecular complexity index is 1640. The summed E-state index contributed by atoms with van der Waals surface area (Å²) in [6.07, 6.45) is -0.735. The number of fused-ring (bicyclic) bond motifs is 2. The highest BCUT2D eigenvalue weighted by molar-refractivity contribution is 5.89. The summed E-state index contributed by atoms with van der Waals surface area (Å²) in [6, 6.07) is 15.7. The SMILES string of the molecule is Cc1cccc2c(Cc3ccc(F)c(-c4ccc5nc(N(C)C(=O)O)[nH]c5c4)c3)n[nH]c(=O)c12. The van der Waals surface area contributed by atoms with Gasteiger partial charge in [0, 0.05) is 24.4 Å². The molecule has 5 rings (SSSR count). The van der Waals surface area contributed by atoms with Crippen LogP contribution in [0.15, 0.2) is 59.4 Å². The van der Waals surface area contributed by atoms with E-state index in [0.717, 1.165) is 21.4 Å². The largest absolute Gasteiger partial charge is 0.465 e. The molecule has 0 atom stereocenters. The van der Waals surface area contributed by atoms with Gasteiger partial charge in [0.1, 0.15) is 5.82 Å². The maximum atomic E-state index is 14.8. The Labute approximate surface area is 192 Å². The summed E-state index contributed by atoms with van der Waals surface area (Å²) in [5.74, 6) is -0.208. The van der Waals surface area contributed by atoms with Crippen molar-refractivity contribution in [1.29, 1.82) is 0 Å². The van der Waals surface area contributed by atoms with E-state index in [1.165, 1.54) is 13.1 Å². The van der Waals surface area contributed by atoms with Crippen molar-refractivity contribution in [3.8, 4) is 11.1 Å². The predicted molar refractivity (Wildman–Crippen MR) is 128 cm³/mol. The molecule has 3 N–H and O–H groups in total. The third-order valence-electron chi connectivity index (χ3n) is 5.89. The van der Waals surface area contributed by atoms with Crippen molar-refractivity contribution in [2.75, 3.05) is 11.9 Å². The number of carboxylic acid groups (broad SMARTS) is 1. The van der Waals surface area contributed by atoms with Gasteiger partial charge in [-0.25, -0.2) is 19.3 Å². The normalized spacial score (nSPS) is 11.3. The fraction of sp³-hybridized carbons (Fsp3) is 0.120. The summed E-state index contributed by atoms with van der Waals surface area (Å²) in [4.78, 5) is 31.7. The molecule has 1 amide bonds. The van der Waals surface area contributed by atoms with Crippen molar-refractivity contribution in [2.24, 2.45) is 0 Å². The van der Waals surface area contributed by atoms with Gasteiger partial charge in [0.25, 0.3) is 5.56 Å². The molecule has 8 nitrogen and oxygen atoms in total. The highest BCUT2D eigenvalue weighted by Crippen LogP contribution is 2.29. The fourth-order valence-electron chi connectivity index (χ4n) is 4.09. The van der Waals surface area contributed by atoms with E-state index in [0.29, 0.717) is 39.7 Å². The first-order valence-electron chi connectivity index (χ1n) is 10.5. The van der Waals surface area contributed by atoms with Gasteiger partial charge in [0.2, 0.25) is 5.95 Å². The Morgan fingerprint density at radius 2 is 1.97 bits per heavy atom. The number of hydrogen-bond donors (Lipinski definition) is 3. The summed E-state index contributed by atoms with van der Waals surface area (Å²) < 4.78 is 14.8. The smallest absolute Gasteiger partial charge is 0.413 e. The van der Waals surface area contributed by atoms with Crippen LogP contribution < -0.4 is 10.5 Å². The number of carbonyl (C=O) groups is 1. The van der Waals surface area contributed by atoms with E-state index in [4.69, 9.17) is 5.11 Å². The van der Waals surface area contributed by atoms with E-state index in [9.17, 15) is 14.0 Å². The van der Waals surface area contributed by atoms with Crippen molar-refractivity contribution in [2.45, 2.75) is 13.3 Å². The summed E-state index contributed by atoms with van der Waals surface area (Å²) in [6.45, 7) is 1.88. The van der Waals surface area contributed by atoms with Crippen LogP contribution in [-0.4, -0.2) is 38.4 Å². The maximum absolute atomic E-state index is 14.8. The Morgan fingerprint density at radius 1 is 1.15 bits per heavy atom. The minimum atomic E-state index is -1.14. The molecule has 3 aromatic carbocycles. The van der Waals surface area contributed by atoms with Gasteiger partial charge in [-0.2, -0.15) is 5.10 Å². The summed E-state index contributed by atoms with van der Waals surface area (Å²) >= 11 is 0. The standard InChI is InChI=1S/C25H20FN5O3/c1-13-4-3-5-16-20(29-30-23(32)22(13)16)11-14-6-8-18(26)17(10-14)15-7-9-19-21(12-15)28-24(27-19)31(2)25(33)34/h3-10,12H,11H2,1-2H3,(H,27,28)(H,30,32)(H,33,34). The molecular formula is C25H20FN5O3. The van der Waals surface area contributed by atoms with Crippen LogP contribution in [0.25, 0.3) is 32.9 Å². The molecule has 170 valence electrons. The molecule has 0 fully saturated rings. The van der Waals surface area contributed by atoms with Crippen LogP contribution in [0.4, 0.5) is 15.1 Å². The molecule has 34 heavy (non-hydrogen) atoms. The molecule has 5 aromatic rings. The summed E-state index contributed by atoms with van der Waals surface area (Å²) in [7, 11) is 1.39. The molecule has 0 radical (unpaired) electrons. The van der Waals surface area contributed by atoms with Crippen LogP contribution in [0.5, 0.6) is 0 Å². The minimum absolute atomic E-state index is 0.181. The van der Waals surface area contributed by atoms with Crippen LogP contribution in [0.1, 0.15) is 16.8 Å². The van der Waals surface area contributed by atoms with Crippen molar-refractivity contribution in [3.63, 3.8) is 0 Å². The van der Waals surface area contributed by atoms with E-state index in [-0.39, 0.29) is 17.3 Å². The van der Waals surface area contributed by atoms with Gasteiger partial charge in [0.05, 0.1) is 22.1 Å². The number of amides is 1. The quantitative estimate of drug-likeness (QED) is 0.364. The lowest BCUT2D eigenvalue weighted by Gasteiger charge is -2.10. The number of nitrogens with zero attached hydrogens (tertiary/aromatic N) is 3. The Kier molecular flexibility index (Phi) is 5.09. The summed E-state index contributed by atoms with van der Waals surface area (Å²) in [5.41, 5.74) is 4.33. The summed E-state index contributed by atoms with van der Waals surface area (Å²) in [5, 5.41) is 17.3. The lowest BCUT2D eigenvalue weighted by atomic mass is 9.98. The molecule has 0 saturated carbocycles. The van der Waals surface area contributed by atoms with E-state index < -0.39 is 6.09 Å². The average Bonchev–Trinajstić information content (AvgIpc) is 3.25. The molecule has 0 unspecified atom stereocenters. The van der Waals surface area contributed by atoms with Gasteiger partial charge >= 0.3 is 6.09 Å². The van der Waals surface area contributed by atoms with Gasteiger partial charge < -0.3 is 10.1 Å². The minimum Gasteiger partial charge on any atom is -0.465 e. The zero-order chi connectivity index (χ0) is 24.0. The molecule has 0 spiro atoms. The van der Waals surface area contributed by atoms with Crippen molar-refractivity contribution in [3.05, 3.63) is 87.6 Å². The Hall–Kier alpha value is -4.53. The number of aromatic nitrogens is 4. The zero-order valence-electron chi connectivity index (χ0n) is 18.4. The Balaban J connectivity index is 1.54. The second-order valence-corrected chi connectivity index (χ2v) is 8.12. The predicted octanol–water partition coefficient (Wildman–Crippen LogP) is 4.62. The average molecular weight is 457 g/mol. The number of nitrogens with one attached hydrogen (secondary N) is 2. The number of halogens is 1. The first kappa shape index (κ1) is 21.3. The van der Waals surface area contributed by atoms with Crippen LogP contribution in [0.3, 0.4) is 0 Å². The third kappa shape index (κ3) is 3.66. The van der Waals surface area contributed by atoms with Gasteiger partial charge in [-0.15, -0.1) is 0 Å². The zero-order valence-corrected chi connectivity index (χ0v) is 18.4. The number of aryl methyl sites for hydroxylation is 1. The van der Waals surface area contributed by atoms with E-state index in [1.807, 2.05) is 25.1 Å². The topological polar surface area (TPSA) is 115 Å². The molecule has 0 aliphatic carbocycles. The number of imidazole rings is 1. The van der Waals surface area contributed by atoms with E-state index >= 15 is 0 Å². The van der Waals surface area contributed by atoms with Gasteiger partial charge in [0.15, 0.2) is 0 Å². The highest BCUT2D eigenvalue weighted by Gasteiger charge is 2.15. The number of hydrogen-bond acceptors (Lipinski definition) is 4. The maximum Gasteiger partial charge on any atom is 0.413 e. The number of H-pyrrole nitrogens is 2. The van der Waals surface area contributed by atoms with Crippen LogP contribution >= 0.6 is 0 Å². The molecule has 0 bridgehead atoms. The number of rotatable bonds is 4. The molecule has 0 aliphatic heterocycles. The fourth-order valence-corrected chi connectivity index (χ4v) is 4.09. The van der Waals surface area contributed by atoms with Crippen LogP contribution in [-0.2, 0) is 6.42 Å². The van der Waals surface area contributed by atoms with Gasteiger partial charge in [-0.1, -0.05) is 30.3 Å². The van der Waals surface area contributed by atoms with Crippen molar-refractivity contribution < 1.29 is 14.3 Å². The molecule has 2 aromatic heterocycles. The molecule has 0 aliphatic rings. The van der Waals surface area contributed by atoms with E-state index in [2.05, 4.69) is 20.2 Å². The first-order chi connectivity index (χ1) is 16.3. The molecule has 9 heteroatoms. The highest BCUT2D eigenvalue weighted by atomic mass is 19.1. The second-order valence-electron chi connectivity index (χ2n) is 8.12. The third-order valence-corrected chi connectivity index (χ3v) is 5.89. The Morgan fingerprint density at radius 3 is 2.76 bits per heavy atom. The monoisotopic (exact) mass is 457 g/mol. The van der Waals surface area contributed by atoms with Gasteiger partial charge in [-0.3, -0.25) is 9.69 Å². The molecule has 2 heterocycles. The van der Waals surface area contributed by atoms with E-state index in [1.54, 1.807) is 30.3 Å². The first-order valence-corrected chi connectivity index (χ1v) is 10.5. The lowest BCUT2D eigenvalue weighted by molar-refractivity contribution is 0.203. The van der Waals surface area contributed by atoms with Gasteiger partial charge in [-0.05, 0) is 47.9 Å². The van der Waals surface area contributed by atoms with Crippen molar-refractivity contribution in [1.82, 2.24) is 20.2 Å². The van der Waals surface area contributed by atoms with Crippen LogP contribution in [0.2, 0.25) is 0 Å². The number of benzene rings is 3. The number of anilines is 1. The lowest BCUT2D eigenvalue weighted by Crippen LogP contribution is -2.24. The number of aromatic amines is 2. The van der Waals surface area contributed by atoms with Crippen LogP contribution in [0, 0.1) is 12.7 Å². The molecular weight excluding hydrogens is 437 g/mol.